The van der Waals surface area contributed by atoms with Crippen LogP contribution in [0.2, 0.25) is 0 Å². The van der Waals surface area contributed by atoms with Crippen LogP contribution in [0.25, 0.3) is 16.7 Å². The first-order valence-electron chi connectivity index (χ1n) is 9.78. The van der Waals surface area contributed by atoms with Crippen LogP contribution in [-0.4, -0.2) is 68.7 Å². The smallest absolute Gasteiger partial charge is 0.262 e. The Morgan fingerprint density at radius 3 is 2.77 bits per heavy atom. The largest absolute Gasteiger partial charge is 0.341 e. The summed E-state index contributed by atoms with van der Waals surface area (Å²) in [5, 5.41) is 9.54. The second-order valence-corrected chi connectivity index (χ2v) is 10.6. The third-order valence-corrected chi connectivity index (χ3v) is 8.06. The Morgan fingerprint density at radius 1 is 1.30 bits per heavy atom. The lowest BCUT2D eigenvalue weighted by Crippen LogP contribution is -2.38. The lowest BCUT2D eigenvalue weighted by molar-refractivity contribution is -0.128. The van der Waals surface area contributed by atoms with E-state index in [1.54, 1.807) is 17.7 Å². The molecule has 3 aromatic rings. The fourth-order valence-electron chi connectivity index (χ4n) is 3.76. The molecule has 1 atom stereocenters. The summed E-state index contributed by atoms with van der Waals surface area (Å²) in [6.45, 7) is 2.51. The van der Waals surface area contributed by atoms with Gasteiger partial charge in [-0.05, 0) is 25.0 Å². The monoisotopic (exact) mass is 449 g/mol. The van der Waals surface area contributed by atoms with Crippen molar-refractivity contribution in [3.8, 4) is 0 Å². The number of fused-ring (bicyclic) bond motifs is 3. The van der Waals surface area contributed by atoms with Crippen LogP contribution in [-0.2, 0) is 21.2 Å². The van der Waals surface area contributed by atoms with E-state index in [-0.39, 0.29) is 34.8 Å². The van der Waals surface area contributed by atoms with E-state index in [1.807, 2.05) is 29.5 Å². The number of amides is 1. The fourth-order valence-corrected chi connectivity index (χ4v) is 6.40. The summed E-state index contributed by atoms with van der Waals surface area (Å²) in [6.07, 6.45) is 1.24. The van der Waals surface area contributed by atoms with Crippen LogP contribution in [0.15, 0.2) is 34.2 Å². The fraction of sp³-hybridized carbons (Fsp3) is 0.474. The molecule has 1 saturated heterocycles. The average Bonchev–Trinajstić information content (AvgIpc) is 3.31. The molecule has 4 rings (SSSR count). The first kappa shape index (κ1) is 20.9. The highest BCUT2D eigenvalue weighted by Gasteiger charge is 2.32. The van der Waals surface area contributed by atoms with Gasteiger partial charge >= 0.3 is 0 Å². The van der Waals surface area contributed by atoms with Crippen LogP contribution in [0.5, 0.6) is 0 Å². The van der Waals surface area contributed by atoms with Crippen molar-refractivity contribution in [1.82, 2.24) is 24.1 Å². The maximum absolute atomic E-state index is 12.9. The van der Waals surface area contributed by atoms with E-state index < -0.39 is 9.84 Å². The van der Waals surface area contributed by atoms with Crippen LogP contribution in [0, 0.1) is 0 Å². The quantitative estimate of drug-likeness (QED) is 0.520. The van der Waals surface area contributed by atoms with Crippen LogP contribution in [0.3, 0.4) is 0 Å². The first-order valence-corrected chi connectivity index (χ1v) is 12.6. The number of rotatable bonds is 6. The Balaban J connectivity index is 1.64. The van der Waals surface area contributed by atoms with Crippen molar-refractivity contribution in [2.45, 2.75) is 37.5 Å². The Labute approximate surface area is 178 Å². The lowest BCUT2D eigenvalue weighted by Gasteiger charge is -2.23. The molecule has 0 aliphatic carbocycles. The molecule has 1 aromatic carbocycles. The Hall–Kier alpha value is -2.40. The maximum Gasteiger partial charge on any atom is 0.262 e. The average molecular weight is 450 g/mol. The summed E-state index contributed by atoms with van der Waals surface area (Å²) in [7, 11) is -1.42. The minimum Gasteiger partial charge on any atom is -0.341 e. The van der Waals surface area contributed by atoms with Crippen molar-refractivity contribution in [1.29, 1.82) is 0 Å². The first-order chi connectivity index (χ1) is 14.3. The van der Waals surface area contributed by atoms with Gasteiger partial charge in [0.1, 0.15) is 0 Å². The molecular formula is C19H23N5O4S2. The van der Waals surface area contributed by atoms with Crippen molar-refractivity contribution < 1.29 is 13.2 Å². The van der Waals surface area contributed by atoms with Crippen molar-refractivity contribution in [3.05, 3.63) is 34.6 Å². The maximum atomic E-state index is 12.9. The van der Waals surface area contributed by atoms with Gasteiger partial charge in [0.05, 0.1) is 28.2 Å². The molecule has 160 valence electrons. The lowest BCUT2D eigenvalue weighted by atomic mass is 10.2. The highest BCUT2D eigenvalue weighted by molar-refractivity contribution is 7.99. The minimum absolute atomic E-state index is 0.0156. The van der Waals surface area contributed by atoms with Gasteiger partial charge in [0.15, 0.2) is 15.0 Å². The molecule has 1 fully saturated rings. The molecular weight excluding hydrogens is 426 g/mol. The van der Waals surface area contributed by atoms with Crippen LogP contribution >= 0.6 is 11.8 Å². The van der Waals surface area contributed by atoms with E-state index in [1.165, 1.54) is 16.7 Å². The molecule has 2 aromatic heterocycles. The summed E-state index contributed by atoms with van der Waals surface area (Å²) in [5.41, 5.74) is 0.585. The topological polar surface area (TPSA) is 107 Å². The Morgan fingerprint density at radius 2 is 2.07 bits per heavy atom. The third kappa shape index (κ3) is 3.71. The van der Waals surface area contributed by atoms with Gasteiger partial charge < -0.3 is 4.90 Å². The summed E-state index contributed by atoms with van der Waals surface area (Å²) >= 11 is 1.23. The number of para-hydroxylation sites is 1. The van der Waals surface area contributed by atoms with Gasteiger partial charge in [0.25, 0.3) is 5.56 Å². The van der Waals surface area contributed by atoms with Gasteiger partial charge in [0, 0.05) is 19.6 Å². The van der Waals surface area contributed by atoms with Gasteiger partial charge in [0.2, 0.25) is 11.7 Å². The van der Waals surface area contributed by atoms with E-state index in [9.17, 15) is 18.0 Å². The third-order valence-electron chi connectivity index (χ3n) is 5.40. The predicted molar refractivity (Wildman–Crippen MR) is 116 cm³/mol. The number of thioether (sulfide) groups is 1. The van der Waals surface area contributed by atoms with E-state index in [4.69, 9.17) is 0 Å². The Kier molecular flexibility index (Phi) is 5.58. The molecule has 0 spiro atoms. The molecule has 0 bridgehead atoms. The number of carbonyl (C=O) groups is 1. The molecule has 0 unspecified atom stereocenters. The van der Waals surface area contributed by atoms with Crippen molar-refractivity contribution in [2.24, 2.45) is 0 Å². The van der Waals surface area contributed by atoms with Gasteiger partial charge in [-0.2, -0.15) is 0 Å². The van der Waals surface area contributed by atoms with Crippen LogP contribution in [0.4, 0.5) is 0 Å². The zero-order valence-corrected chi connectivity index (χ0v) is 18.4. The van der Waals surface area contributed by atoms with Crippen molar-refractivity contribution in [3.63, 3.8) is 0 Å². The van der Waals surface area contributed by atoms with E-state index in [0.29, 0.717) is 34.8 Å². The minimum atomic E-state index is -3.06. The molecule has 0 radical (unpaired) electrons. The number of aromatic nitrogens is 4. The SMILES string of the molecule is CCCn1c(=O)c2ccccc2n2c(SCC(=O)N(C)[C@H]3CCS(=O)(=O)C3)nnc12. The van der Waals surface area contributed by atoms with E-state index in [2.05, 4.69) is 10.2 Å². The van der Waals surface area contributed by atoms with Crippen molar-refractivity contribution >= 4 is 44.2 Å². The van der Waals surface area contributed by atoms with Crippen LogP contribution < -0.4 is 5.56 Å². The highest BCUT2D eigenvalue weighted by Crippen LogP contribution is 2.23. The molecule has 0 N–H and O–H groups in total. The van der Waals surface area contributed by atoms with Crippen molar-refractivity contribution in [2.75, 3.05) is 24.3 Å². The molecule has 9 nitrogen and oxygen atoms in total. The zero-order chi connectivity index (χ0) is 21.5. The van der Waals surface area contributed by atoms with Gasteiger partial charge in [-0.15, -0.1) is 10.2 Å². The second-order valence-electron chi connectivity index (χ2n) is 7.44. The number of hydrogen-bond donors (Lipinski definition) is 0. The molecule has 0 saturated carbocycles. The van der Waals surface area contributed by atoms with Gasteiger partial charge in [-0.3, -0.25) is 18.6 Å². The van der Waals surface area contributed by atoms with Gasteiger partial charge in [-0.1, -0.05) is 30.8 Å². The molecule has 1 aliphatic rings. The van der Waals surface area contributed by atoms with E-state index in [0.717, 1.165) is 6.42 Å². The summed E-state index contributed by atoms with van der Waals surface area (Å²) in [6, 6.07) is 6.99. The standard InChI is InChI=1S/C19H23N5O4S2/c1-3-9-23-17(26)14-6-4-5-7-15(14)24-18(23)20-21-19(24)29-11-16(25)22(2)13-8-10-30(27,28)12-13/h4-7,13H,3,8-12H2,1-2H3/t13-/m0/s1. The highest BCUT2D eigenvalue weighted by atomic mass is 32.2. The molecule has 3 heterocycles. The number of aryl methyl sites for hydroxylation is 1. The zero-order valence-electron chi connectivity index (χ0n) is 16.8. The normalized spacial score (nSPS) is 18.3. The predicted octanol–water partition coefficient (Wildman–Crippen LogP) is 1.19. The summed E-state index contributed by atoms with van der Waals surface area (Å²) in [4.78, 5) is 27.0. The number of benzene rings is 1. The molecule has 11 heteroatoms. The van der Waals surface area contributed by atoms with E-state index >= 15 is 0 Å². The van der Waals surface area contributed by atoms with Gasteiger partial charge in [-0.25, -0.2) is 8.42 Å². The van der Waals surface area contributed by atoms with Crippen LogP contribution in [0.1, 0.15) is 19.8 Å². The Bertz CT molecular complexity index is 1280. The summed E-state index contributed by atoms with van der Waals surface area (Å²) in [5.74, 6) is 0.533. The number of sulfone groups is 1. The molecule has 1 amide bonds. The molecule has 30 heavy (non-hydrogen) atoms. The molecule has 1 aliphatic heterocycles. The number of hydrogen-bond acceptors (Lipinski definition) is 7. The number of nitrogens with zero attached hydrogens (tertiary/aromatic N) is 5. The second kappa shape index (κ2) is 8.03. The summed E-state index contributed by atoms with van der Waals surface area (Å²) < 4.78 is 26.8. The number of carbonyl (C=O) groups excluding carboxylic acids is 1.